The maximum absolute atomic E-state index is 2.77. The van der Waals surface area contributed by atoms with Crippen LogP contribution in [-0.2, 0) is 0 Å². The number of hydrogen-bond donors (Lipinski definition) is 0. The molecule has 0 aromatic rings. The maximum Gasteiger partial charge on any atom is 0.0212 e. The molecular weight excluding hydrogens is 258 g/mol. The fourth-order valence-corrected chi connectivity index (χ4v) is 4.40. The highest BCUT2D eigenvalue weighted by Gasteiger charge is 2.52. The summed E-state index contributed by atoms with van der Waals surface area (Å²) in [5.74, 6) is 0.860. The Balaban J connectivity index is 0.000000510. The number of nitrogens with zero attached hydrogens (tertiary/aromatic N) is 3. The molecule has 0 radical (unpaired) electrons. The monoisotopic (exact) mass is 297 g/mol. The Hall–Kier alpha value is -0.120. The molecular formula is C18H39N3. The molecule has 3 saturated heterocycles. The summed E-state index contributed by atoms with van der Waals surface area (Å²) >= 11 is 0. The summed E-state index contributed by atoms with van der Waals surface area (Å²) in [7, 11) is 2.25. The summed E-state index contributed by atoms with van der Waals surface area (Å²) < 4.78 is 0. The van der Waals surface area contributed by atoms with Crippen molar-refractivity contribution in [2.45, 2.75) is 54.0 Å². The predicted molar refractivity (Wildman–Crippen MR) is 93.9 cm³/mol. The van der Waals surface area contributed by atoms with E-state index < -0.39 is 0 Å². The van der Waals surface area contributed by atoms with Crippen molar-refractivity contribution in [3.8, 4) is 0 Å². The third-order valence-electron chi connectivity index (χ3n) is 5.15. The van der Waals surface area contributed by atoms with Crippen LogP contribution in [0.15, 0.2) is 0 Å². The largest absolute Gasteiger partial charge is 0.305 e. The van der Waals surface area contributed by atoms with Crippen LogP contribution in [0.3, 0.4) is 0 Å². The van der Waals surface area contributed by atoms with E-state index in [9.17, 15) is 0 Å². The lowest BCUT2D eigenvalue weighted by Crippen LogP contribution is -2.73. The summed E-state index contributed by atoms with van der Waals surface area (Å²) in [6.45, 7) is 22.0. The van der Waals surface area contributed by atoms with E-state index >= 15 is 0 Å². The second-order valence-electron chi connectivity index (χ2n) is 6.80. The van der Waals surface area contributed by atoms with Crippen LogP contribution >= 0.6 is 0 Å². The van der Waals surface area contributed by atoms with Gasteiger partial charge < -0.3 is 9.80 Å². The van der Waals surface area contributed by atoms with Crippen LogP contribution in [0.25, 0.3) is 0 Å². The molecule has 3 fully saturated rings. The average molecular weight is 298 g/mol. The highest BCUT2D eigenvalue weighted by Crippen LogP contribution is 2.41. The molecule has 0 aliphatic carbocycles. The van der Waals surface area contributed by atoms with E-state index in [-0.39, 0.29) is 0 Å². The quantitative estimate of drug-likeness (QED) is 0.776. The minimum atomic E-state index is 0.705. The molecule has 2 atom stereocenters. The van der Waals surface area contributed by atoms with E-state index in [1.165, 1.54) is 52.2 Å². The van der Waals surface area contributed by atoms with Gasteiger partial charge in [-0.2, -0.15) is 0 Å². The molecule has 3 nitrogen and oxygen atoms in total. The Kier molecular flexibility index (Phi) is 7.66. The van der Waals surface area contributed by atoms with Crippen LogP contribution in [0.2, 0.25) is 0 Å². The Morgan fingerprint density at radius 2 is 1.57 bits per heavy atom. The standard InChI is InChI=1S/C14H27N3.2C2H6/c1-4-16-6-5-13(12(2)7-16)17-10-14(11-17)8-15(3)9-14;2*1-2/h12-13H,4-11H2,1-3H3;2*1-2H3. The second-order valence-corrected chi connectivity index (χ2v) is 6.80. The van der Waals surface area contributed by atoms with Gasteiger partial charge in [0.1, 0.15) is 0 Å². The molecule has 3 aliphatic heterocycles. The highest BCUT2D eigenvalue weighted by molar-refractivity contribution is 5.07. The predicted octanol–water partition coefficient (Wildman–Crippen LogP) is 3.02. The fraction of sp³-hybridized carbons (Fsp3) is 1.00. The van der Waals surface area contributed by atoms with Crippen molar-refractivity contribution in [2.24, 2.45) is 11.3 Å². The SMILES string of the molecule is CC.CC.CCN1CCC(N2CC3(CN(C)C3)C2)C(C)C1. The van der Waals surface area contributed by atoms with Crippen molar-refractivity contribution in [3.05, 3.63) is 0 Å². The molecule has 21 heavy (non-hydrogen) atoms. The van der Waals surface area contributed by atoms with E-state index in [1.807, 2.05) is 27.7 Å². The second kappa shape index (κ2) is 8.50. The molecule has 0 aromatic carbocycles. The Bertz CT molecular complexity index is 278. The number of likely N-dealkylation sites (tertiary alicyclic amines) is 3. The van der Waals surface area contributed by atoms with Crippen molar-refractivity contribution in [1.82, 2.24) is 14.7 Å². The molecule has 0 saturated carbocycles. The Morgan fingerprint density at radius 1 is 1.00 bits per heavy atom. The molecule has 0 aromatic heterocycles. The lowest BCUT2D eigenvalue weighted by molar-refractivity contribution is -0.135. The first-order valence-electron chi connectivity index (χ1n) is 9.27. The molecule has 0 N–H and O–H groups in total. The first kappa shape index (κ1) is 18.9. The van der Waals surface area contributed by atoms with Gasteiger partial charge in [0.25, 0.3) is 0 Å². The summed E-state index contributed by atoms with van der Waals surface area (Å²) in [5.41, 5.74) is 0.705. The third kappa shape index (κ3) is 4.20. The fourth-order valence-electron chi connectivity index (χ4n) is 4.40. The van der Waals surface area contributed by atoms with Crippen LogP contribution in [-0.4, -0.2) is 73.6 Å². The van der Waals surface area contributed by atoms with E-state index in [4.69, 9.17) is 0 Å². The molecule has 3 rings (SSSR count). The van der Waals surface area contributed by atoms with Gasteiger partial charge in [-0.15, -0.1) is 0 Å². The minimum Gasteiger partial charge on any atom is -0.305 e. The van der Waals surface area contributed by atoms with E-state index in [1.54, 1.807) is 0 Å². The highest BCUT2D eigenvalue weighted by atomic mass is 15.3. The summed E-state index contributed by atoms with van der Waals surface area (Å²) in [6.07, 6.45) is 1.39. The third-order valence-corrected chi connectivity index (χ3v) is 5.15. The maximum atomic E-state index is 2.77. The van der Waals surface area contributed by atoms with E-state index in [0.29, 0.717) is 5.41 Å². The zero-order valence-electron chi connectivity index (χ0n) is 15.7. The lowest BCUT2D eigenvalue weighted by atomic mass is 9.71. The van der Waals surface area contributed by atoms with Gasteiger partial charge >= 0.3 is 0 Å². The van der Waals surface area contributed by atoms with Gasteiger partial charge in [0.2, 0.25) is 0 Å². The molecule has 3 aliphatic rings. The van der Waals surface area contributed by atoms with E-state index in [0.717, 1.165) is 12.0 Å². The van der Waals surface area contributed by atoms with Crippen LogP contribution in [0, 0.1) is 11.3 Å². The van der Waals surface area contributed by atoms with Crippen molar-refractivity contribution in [2.75, 3.05) is 52.9 Å². The molecule has 2 unspecified atom stereocenters. The van der Waals surface area contributed by atoms with Crippen molar-refractivity contribution in [3.63, 3.8) is 0 Å². The summed E-state index contributed by atoms with van der Waals surface area (Å²) in [5, 5.41) is 0. The molecule has 0 amide bonds. The average Bonchev–Trinajstić information content (AvgIpc) is 2.46. The molecule has 126 valence electrons. The number of hydrogen-bond acceptors (Lipinski definition) is 3. The molecule has 3 heterocycles. The normalized spacial score (nSPS) is 32.1. The van der Waals surface area contributed by atoms with Gasteiger partial charge in [0, 0.05) is 44.2 Å². The summed E-state index contributed by atoms with van der Waals surface area (Å²) in [6, 6.07) is 0.870. The van der Waals surface area contributed by atoms with Gasteiger partial charge in [-0.3, -0.25) is 4.90 Å². The van der Waals surface area contributed by atoms with Crippen LogP contribution in [0.4, 0.5) is 0 Å². The first-order valence-corrected chi connectivity index (χ1v) is 9.27. The minimum absolute atomic E-state index is 0.705. The summed E-state index contributed by atoms with van der Waals surface area (Å²) in [4.78, 5) is 7.83. The van der Waals surface area contributed by atoms with Gasteiger partial charge in [0.05, 0.1) is 0 Å². The van der Waals surface area contributed by atoms with Crippen LogP contribution in [0.5, 0.6) is 0 Å². The zero-order valence-corrected chi connectivity index (χ0v) is 15.7. The smallest absolute Gasteiger partial charge is 0.0212 e. The van der Waals surface area contributed by atoms with E-state index in [2.05, 4.69) is 35.6 Å². The van der Waals surface area contributed by atoms with Crippen LogP contribution in [0.1, 0.15) is 48.0 Å². The van der Waals surface area contributed by atoms with Gasteiger partial charge in [-0.1, -0.05) is 41.5 Å². The topological polar surface area (TPSA) is 9.72 Å². The van der Waals surface area contributed by atoms with Crippen LogP contribution < -0.4 is 0 Å². The number of rotatable bonds is 2. The van der Waals surface area contributed by atoms with Crippen molar-refractivity contribution < 1.29 is 0 Å². The molecule has 3 heteroatoms. The zero-order chi connectivity index (χ0) is 16.0. The molecule has 1 spiro atoms. The van der Waals surface area contributed by atoms with Gasteiger partial charge in [-0.05, 0) is 32.5 Å². The van der Waals surface area contributed by atoms with Crippen molar-refractivity contribution in [1.29, 1.82) is 0 Å². The lowest BCUT2D eigenvalue weighted by Gasteiger charge is -2.62. The van der Waals surface area contributed by atoms with Crippen molar-refractivity contribution >= 4 is 0 Å². The Labute approximate surface area is 133 Å². The molecule has 0 bridgehead atoms. The first-order chi connectivity index (χ1) is 10.1. The van der Waals surface area contributed by atoms with Gasteiger partial charge in [0.15, 0.2) is 0 Å². The van der Waals surface area contributed by atoms with Gasteiger partial charge in [-0.25, -0.2) is 0 Å². The number of piperidine rings is 1. The Morgan fingerprint density at radius 3 is 2.00 bits per heavy atom.